The van der Waals surface area contributed by atoms with E-state index < -0.39 is 0 Å². The fourth-order valence-corrected chi connectivity index (χ4v) is 1.96. The van der Waals surface area contributed by atoms with E-state index in [-0.39, 0.29) is 5.82 Å². The molecule has 1 nitrogen and oxygen atoms in total. The van der Waals surface area contributed by atoms with E-state index in [0.29, 0.717) is 17.9 Å². The van der Waals surface area contributed by atoms with Gasteiger partial charge in [0.2, 0.25) is 0 Å². The molecule has 1 rings (SSSR count). The number of hydrogen-bond donors (Lipinski definition) is 1. The molecule has 96 valence electrons. The fraction of sp³-hybridized carbons (Fsp3) is 0.571. The van der Waals surface area contributed by atoms with Crippen LogP contribution in [-0.4, -0.2) is 6.54 Å². The van der Waals surface area contributed by atoms with E-state index in [2.05, 4.69) is 48.9 Å². The summed E-state index contributed by atoms with van der Waals surface area (Å²) in [5, 5.41) is 3.37. The Balaban J connectivity index is 2.46. The molecule has 0 heterocycles. The predicted octanol–water partition coefficient (Wildman–Crippen LogP) is 4.36. The zero-order valence-electron chi connectivity index (χ0n) is 11.0. The Morgan fingerprint density at radius 3 is 2.47 bits per heavy atom. The van der Waals surface area contributed by atoms with Crippen LogP contribution in [0.25, 0.3) is 0 Å². The van der Waals surface area contributed by atoms with Crippen LogP contribution in [0.4, 0.5) is 4.39 Å². The number of rotatable bonds is 4. The van der Waals surface area contributed by atoms with E-state index in [4.69, 9.17) is 0 Å². The van der Waals surface area contributed by atoms with Crippen LogP contribution in [0.5, 0.6) is 0 Å². The van der Waals surface area contributed by atoms with E-state index in [1.165, 1.54) is 6.07 Å². The van der Waals surface area contributed by atoms with E-state index in [9.17, 15) is 4.39 Å². The first-order chi connectivity index (χ1) is 7.79. The maximum atomic E-state index is 13.1. The number of benzene rings is 1. The zero-order valence-corrected chi connectivity index (χ0v) is 12.6. The van der Waals surface area contributed by atoms with Gasteiger partial charge in [0.25, 0.3) is 0 Å². The molecule has 3 heteroatoms. The maximum Gasteiger partial charge on any atom is 0.124 e. The number of halogens is 2. The zero-order chi connectivity index (χ0) is 13.1. The van der Waals surface area contributed by atoms with Crippen molar-refractivity contribution in [3.8, 4) is 0 Å². The molecule has 1 N–H and O–H groups in total. The summed E-state index contributed by atoms with van der Waals surface area (Å²) in [6.07, 6.45) is 0. The molecule has 1 atom stereocenters. The third kappa shape index (κ3) is 5.17. The molecule has 1 unspecified atom stereocenters. The van der Waals surface area contributed by atoms with Crippen molar-refractivity contribution in [2.75, 3.05) is 6.54 Å². The summed E-state index contributed by atoms with van der Waals surface area (Å²) in [7, 11) is 0. The van der Waals surface area contributed by atoms with E-state index in [1.807, 2.05) is 6.07 Å². The van der Waals surface area contributed by atoms with E-state index in [0.717, 1.165) is 16.6 Å². The lowest BCUT2D eigenvalue weighted by molar-refractivity contribution is 0.252. The van der Waals surface area contributed by atoms with E-state index in [1.54, 1.807) is 6.07 Å². The molecule has 1 aromatic carbocycles. The van der Waals surface area contributed by atoms with Crippen LogP contribution in [0.2, 0.25) is 0 Å². The molecule has 0 aliphatic rings. The first kappa shape index (κ1) is 14.7. The summed E-state index contributed by atoms with van der Waals surface area (Å²) >= 11 is 3.30. The summed E-state index contributed by atoms with van der Waals surface area (Å²) in [6, 6.07) is 4.98. The molecule has 0 aliphatic carbocycles. The van der Waals surface area contributed by atoms with Crippen molar-refractivity contribution in [1.29, 1.82) is 0 Å². The third-order valence-corrected chi connectivity index (χ3v) is 3.64. The van der Waals surface area contributed by atoms with Crippen LogP contribution in [0.3, 0.4) is 0 Å². The van der Waals surface area contributed by atoms with E-state index >= 15 is 0 Å². The Morgan fingerprint density at radius 1 is 1.29 bits per heavy atom. The van der Waals surface area contributed by atoms with Crippen LogP contribution >= 0.6 is 15.9 Å². The monoisotopic (exact) mass is 301 g/mol. The lowest BCUT2D eigenvalue weighted by atomic mass is 9.82. The second-order valence-electron chi connectivity index (χ2n) is 5.68. The summed E-state index contributed by atoms with van der Waals surface area (Å²) in [4.78, 5) is 0. The van der Waals surface area contributed by atoms with Crippen LogP contribution in [0.15, 0.2) is 22.7 Å². The highest BCUT2D eigenvalue weighted by atomic mass is 79.9. The summed E-state index contributed by atoms with van der Waals surface area (Å²) in [5.74, 6) is 0.388. The van der Waals surface area contributed by atoms with Gasteiger partial charge in [-0.2, -0.15) is 0 Å². The molecule has 0 radical (unpaired) electrons. The lowest BCUT2D eigenvalue weighted by Crippen LogP contribution is -2.29. The molecule has 0 spiro atoms. The topological polar surface area (TPSA) is 12.0 Å². The molecule has 0 aromatic heterocycles. The number of hydrogen-bond acceptors (Lipinski definition) is 1. The Hall–Kier alpha value is -0.410. The second-order valence-corrected chi connectivity index (χ2v) is 6.59. The Morgan fingerprint density at radius 2 is 1.94 bits per heavy atom. The first-order valence-electron chi connectivity index (χ1n) is 5.94. The molecule has 17 heavy (non-hydrogen) atoms. The molecule has 0 bridgehead atoms. The summed E-state index contributed by atoms with van der Waals surface area (Å²) in [6.45, 7) is 10.6. The van der Waals surface area contributed by atoms with Gasteiger partial charge in [-0.15, -0.1) is 0 Å². The largest absolute Gasteiger partial charge is 0.312 e. The van der Waals surface area contributed by atoms with Gasteiger partial charge >= 0.3 is 0 Å². The SMILES string of the molecule is CC(CNCc1cc(F)cc(Br)c1)C(C)(C)C. The van der Waals surface area contributed by atoms with Crippen molar-refractivity contribution in [1.82, 2.24) is 5.32 Å². The minimum absolute atomic E-state index is 0.194. The van der Waals surface area contributed by atoms with Crippen molar-refractivity contribution in [3.05, 3.63) is 34.1 Å². The van der Waals surface area contributed by atoms with Crippen molar-refractivity contribution >= 4 is 15.9 Å². The van der Waals surface area contributed by atoms with Gasteiger partial charge in [-0.1, -0.05) is 43.6 Å². The highest BCUT2D eigenvalue weighted by Crippen LogP contribution is 2.24. The van der Waals surface area contributed by atoms with Gasteiger partial charge in [0.15, 0.2) is 0 Å². The van der Waals surface area contributed by atoms with Gasteiger partial charge in [0, 0.05) is 11.0 Å². The van der Waals surface area contributed by atoms with Crippen molar-refractivity contribution < 1.29 is 4.39 Å². The van der Waals surface area contributed by atoms with Gasteiger partial charge < -0.3 is 5.32 Å². The van der Waals surface area contributed by atoms with Crippen molar-refractivity contribution in [3.63, 3.8) is 0 Å². The van der Waals surface area contributed by atoms with Gasteiger partial charge in [-0.05, 0) is 41.6 Å². The second kappa shape index (κ2) is 5.96. The average molecular weight is 302 g/mol. The molecular formula is C14H21BrFN. The molecule has 0 saturated heterocycles. The van der Waals surface area contributed by atoms with Crippen molar-refractivity contribution in [2.45, 2.75) is 34.2 Å². The maximum absolute atomic E-state index is 13.1. The van der Waals surface area contributed by atoms with Crippen LogP contribution in [-0.2, 0) is 6.54 Å². The average Bonchev–Trinajstić information content (AvgIpc) is 2.14. The van der Waals surface area contributed by atoms with Gasteiger partial charge in [-0.25, -0.2) is 4.39 Å². The summed E-state index contributed by atoms with van der Waals surface area (Å²) < 4.78 is 13.9. The molecule has 1 aromatic rings. The standard InChI is InChI=1S/C14H21BrFN/c1-10(14(2,3)4)8-17-9-11-5-12(15)7-13(16)6-11/h5-7,10,17H,8-9H2,1-4H3. The predicted molar refractivity (Wildman–Crippen MR) is 74.4 cm³/mol. The Kier molecular flexibility index (Phi) is 5.14. The van der Waals surface area contributed by atoms with Crippen LogP contribution < -0.4 is 5.32 Å². The third-order valence-electron chi connectivity index (χ3n) is 3.18. The van der Waals surface area contributed by atoms with Crippen LogP contribution in [0, 0.1) is 17.2 Å². The Labute approximate surface area is 112 Å². The molecule has 0 saturated carbocycles. The minimum atomic E-state index is -0.194. The summed E-state index contributed by atoms with van der Waals surface area (Å²) in [5.41, 5.74) is 1.27. The normalized spacial score (nSPS) is 13.8. The fourth-order valence-electron chi connectivity index (χ4n) is 1.45. The lowest BCUT2D eigenvalue weighted by Gasteiger charge is -2.27. The Bertz CT molecular complexity index is 351. The number of nitrogens with one attached hydrogen (secondary N) is 1. The quantitative estimate of drug-likeness (QED) is 0.871. The van der Waals surface area contributed by atoms with Crippen molar-refractivity contribution in [2.24, 2.45) is 11.3 Å². The van der Waals surface area contributed by atoms with Crippen LogP contribution in [0.1, 0.15) is 33.3 Å². The molecule has 0 amide bonds. The van der Waals surface area contributed by atoms with Gasteiger partial charge in [0.05, 0.1) is 0 Å². The molecular weight excluding hydrogens is 281 g/mol. The molecule has 0 aliphatic heterocycles. The molecule has 0 fully saturated rings. The first-order valence-corrected chi connectivity index (χ1v) is 6.74. The highest BCUT2D eigenvalue weighted by molar-refractivity contribution is 9.10. The highest BCUT2D eigenvalue weighted by Gasteiger charge is 2.19. The minimum Gasteiger partial charge on any atom is -0.312 e. The van der Waals surface area contributed by atoms with Gasteiger partial charge in [-0.3, -0.25) is 0 Å². The smallest absolute Gasteiger partial charge is 0.124 e. The van der Waals surface area contributed by atoms with Gasteiger partial charge in [0.1, 0.15) is 5.82 Å².